The minimum absolute atomic E-state index is 0.157. The number of benzene rings is 3. The SMILES string of the molecule is O=C1/C(=C/c2cn(-c3ccccc3)nc2-c2ccc(OCc3ccc(Cl)cc3)cc2)SC(=S)N1Cc1ccco1. The second-order valence-corrected chi connectivity index (χ2v) is 11.1. The van der Waals surface area contributed by atoms with Gasteiger partial charge in [0, 0.05) is 22.3 Å². The number of aromatic nitrogens is 2. The number of carbonyl (C=O) groups is 1. The molecular formula is C31H22ClN3O3S2. The Balaban J connectivity index is 1.28. The number of para-hydroxylation sites is 1. The van der Waals surface area contributed by atoms with Crippen LogP contribution >= 0.6 is 35.6 Å². The van der Waals surface area contributed by atoms with Crippen LogP contribution in [0, 0.1) is 0 Å². The highest BCUT2D eigenvalue weighted by molar-refractivity contribution is 8.26. The highest BCUT2D eigenvalue weighted by Crippen LogP contribution is 2.36. The van der Waals surface area contributed by atoms with Crippen LogP contribution in [0.2, 0.25) is 5.02 Å². The van der Waals surface area contributed by atoms with Gasteiger partial charge in [-0.15, -0.1) is 0 Å². The summed E-state index contributed by atoms with van der Waals surface area (Å²) in [6, 6.07) is 28.8. The number of thiocarbonyl (C=S) groups is 1. The number of carbonyl (C=O) groups excluding carboxylic acids is 1. The molecule has 1 fully saturated rings. The van der Waals surface area contributed by atoms with E-state index in [4.69, 9.17) is 38.1 Å². The van der Waals surface area contributed by atoms with Crippen molar-refractivity contribution in [2.75, 3.05) is 0 Å². The molecule has 1 amide bonds. The lowest BCUT2D eigenvalue weighted by Crippen LogP contribution is -2.27. The third kappa shape index (κ3) is 5.74. The van der Waals surface area contributed by atoms with Crippen LogP contribution in [-0.2, 0) is 17.9 Å². The lowest BCUT2D eigenvalue weighted by molar-refractivity contribution is -0.122. The van der Waals surface area contributed by atoms with Gasteiger partial charge >= 0.3 is 0 Å². The summed E-state index contributed by atoms with van der Waals surface area (Å²) in [5, 5.41) is 5.58. The molecule has 0 unspecified atom stereocenters. The predicted molar refractivity (Wildman–Crippen MR) is 162 cm³/mol. The van der Waals surface area contributed by atoms with Crippen molar-refractivity contribution in [3.05, 3.63) is 130 Å². The fourth-order valence-corrected chi connectivity index (χ4v) is 5.59. The molecule has 2 aromatic heterocycles. The maximum absolute atomic E-state index is 13.3. The zero-order valence-corrected chi connectivity index (χ0v) is 23.5. The molecule has 40 heavy (non-hydrogen) atoms. The normalized spacial score (nSPS) is 14.3. The summed E-state index contributed by atoms with van der Waals surface area (Å²) in [4.78, 5) is 15.4. The molecule has 0 bridgehead atoms. The summed E-state index contributed by atoms with van der Waals surface area (Å²) in [5.74, 6) is 1.26. The Bertz CT molecular complexity index is 1680. The van der Waals surface area contributed by atoms with Gasteiger partial charge in [0.1, 0.15) is 22.4 Å². The molecule has 198 valence electrons. The Hall–Kier alpha value is -4.11. The molecule has 0 spiro atoms. The van der Waals surface area contributed by atoms with E-state index >= 15 is 0 Å². The molecule has 3 heterocycles. The highest BCUT2D eigenvalue weighted by Gasteiger charge is 2.33. The van der Waals surface area contributed by atoms with E-state index in [2.05, 4.69) is 0 Å². The van der Waals surface area contributed by atoms with Crippen LogP contribution in [0.5, 0.6) is 5.75 Å². The Morgan fingerprint density at radius 2 is 1.75 bits per heavy atom. The van der Waals surface area contributed by atoms with Gasteiger partial charge < -0.3 is 9.15 Å². The first kappa shape index (κ1) is 26.1. The van der Waals surface area contributed by atoms with E-state index in [9.17, 15) is 4.79 Å². The Kier molecular flexibility index (Phi) is 7.55. The quantitative estimate of drug-likeness (QED) is 0.137. The number of furan rings is 1. The Morgan fingerprint density at radius 1 is 0.975 bits per heavy atom. The van der Waals surface area contributed by atoms with E-state index in [1.807, 2.05) is 102 Å². The van der Waals surface area contributed by atoms with Crippen molar-refractivity contribution in [3.8, 4) is 22.7 Å². The van der Waals surface area contributed by atoms with Crippen LogP contribution in [0.3, 0.4) is 0 Å². The van der Waals surface area contributed by atoms with Crippen LogP contribution < -0.4 is 4.74 Å². The standard InChI is InChI=1S/C31H22ClN3O3S2/c32-24-12-8-21(9-13-24)20-38-26-14-10-22(11-15-26)29-23(18-35(33-29)25-5-2-1-3-6-25)17-28-30(36)34(31(39)40-28)19-27-7-4-16-37-27/h1-18H,19-20H2/b28-17-. The number of nitrogens with zero attached hydrogens (tertiary/aromatic N) is 3. The number of hydrogen-bond acceptors (Lipinski definition) is 6. The van der Waals surface area contributed by atoms with Crippen molar-refractivity contribution >= 4 is 51.9 Å². The zero-order chi connectivity index (χ0) is 27.5. The zero-order valence-electron chi connectivity index (χ0n) is 21.1. The largest absolute Gasteiger partial charge is 0.489 e. The lowest BCUT2D eigenvalue weighted by atomic mass is 10.1. The minimum Gasteiger partial charge on any atom is -0.489 e. The third-order valence-electron chi connectivity index (χ3n) is 6.26. The van der Waals surface area contributed by atoms with E-state index in [0.717, 1.165) is 33.8 Å². The van der Waals surface area contributed by atoms with Gasteiger partial charge in [0.15, 0.2) is 0 Å². The number of halogens is 1. The number of hydrogen-bond donors (Lipinski definition) is 0. The molecule has 5 aromatic rings. The molecule has 9 heteroatoms. The number of rotatable bonds is 8. The van der Waals surface area contributed by atoms with Crippen molar-refractivity contribution in [3.63, 3.8) is 0 Å². The molecule has 6 nitrogen and oxygen atoms in total. The van der Waals surface area contributed by atoms with Gasteiger partial charge in [-0.3, -0.25) is 9.69 Å². The first-order chi connectivity index (χ1) is 19.5. The lowest BCUT2D eigenvalue weighted by Gasteiger charge is -2.11. The minimum atomic E-state index is -0.157. The number of ether oxygens (including phenoxy) is 1. The predicted octanol–water partition coefficient (Wildman–Crippen LogP) is 7.77. The fourth-order valence-electron chi connectivity index (χ4n) is 4.22. The van der Waals surface area contributed by atoms with Gasteiger partial charge in [-0.25, -0.2) is 4.68 Å². The smallest absolute Gasteiger partial charge is 0.266 e. The first-order valence-corrected chi connectivity index (χ1v) is 14.0. The molecule has 0 aliphatic carbocycles. The third-order valence-corrected chi connectivity index (χ3v) is 7.89. The molecule has 1 aliphatic heterocycles. The van der Waals surface area contributed by atoms with Crippen molar-refractivity contribution in [1.82, 2.24) is 14.7 Å². The molecule has 3 aromatic carbocycles. The highest BCUT2D eigenvalue weighted by atomic mass is 35.5. The second kappa shape index (κ2) is 11.6. The van der Waals surface area contributed by atoms with Gasteiger partial charge in [-0.1, -0.05) is 65.9 Å². The van der Waals surface area contributed by atoms with E-state index in [1.54, 1.807) is 17.2 Å². The van der Waals surface area contributed by atoms with E-state index < -0.39 is 0 Å². The van der Waals surface area contributed by atoms with Gasteiger partial charge in [-0.2, -0.15) is 5.10 Å². The van der Waals surface area contributed by atoms with Crippen LogP contribution in [0.25, 0.3) is 23.0 Å². The summed E-state index contributed by atoms with van der Waals surface area (Å²) < 4.78 is 13.7. The van der Waals surface area contributed by atoms with Crippen LogP contribution in [0.1, 0.15) is 16.9 Å². The summed E-state index contributed by atoms with van der Waals surface area (Å²) in [6.45, 7) is 0.729. The average Bonchev–Trinajstić information content (AvgIpc) is 3.71. The van der Waals surface area contributed by atoms with E-state index in [0.29, 0.717) is 33.2 Å². The first-order valence-electron chi connectivity index (χ1n) is 12.4. The molecule has 0 atom stereocenters. The van der Waals surface area contributed by atoms with Gasteiger partial charge in [0.25, 0.3) is 5.91 Å². The summed E-state index contributed by atoms with van der Waals surface area (Å²) in [7, 11) is 0. The Morgan fingerprint density at radius 3 is 2.48 bits per heavy atom. The van der Waals surface area contributed by atoms with Crippen molar-refractivity contribution in [2.45, 2.75) is 13.2 Å². The Labute approximate surface area is 245 Å². The van der Waals surface area contributed by atoms with E-state index in [-0.39, 0.29) is 5.91 Å². The monoisotopic (exact) mass is 583 g/mol. The molecule has 0 radical (unpaired) electrons. The van der Waals surface area contributed by atoms with Crippen molar-refractivity contribution < 1.29 is 13.9 Å². The van der Waals surface area contributed by atoms with Gasteiger partial charge in [0.05, 0.1) is 29.1 Å². The summed E-state index contributed by atoms with van der Waals surface area (Å²) in [5.41, 5.74) is 4.38. The number of amides is 1. The fraction of sp³-hybridized carbons (Fsp3) is 0.0645. The summed E-state index contributed by atoms with van der Waals surface area (Å²) >= 11 is 12.8. The van der Waals surface area contributed by atoms with Crippen LogP contribution in [0.4, 0.5) is 0 Å². The second-order valence-electron chi connectivity index (χ2n) is 9.00. The molecule has 6 rings (SSSR count). The maximum atomic E-state index is 13.3. The van der Waals surface area contributed by atoms with Gasteiger partial charge in [-0.05, 0) is 72.3 Å². The van der Waals surface area contributed by atoms with Gasteiger partial charge in [0.2, 0.25) is 0 Å². The van der Waals surface area contributed by atoms with Crippen molar-refractivity contribution in [1.29, 1.82) is 0 Å². The van der Waals surface area contributed by atoms with Crippen LogP contribution in [-0.4, -0.2) is 24.9 Å². The van der Waals surface area contributed by atoms with E-state index in [1.165, 1.54) is 11.8 Å². The average molecular weight is 584 g/mol. The molecule has 0 N–H and O–H groups in total. The molecule has 0 saturated carbocycles. The molecule has 1 saturated heterocycles. The topological polar surface area (TPSA) is 60.5 Å². The molecular weight excluding hydrogens is 562 g/mol. The maximum Gasteiger partial charge on any atom is 0.266 e. The molecule has 1 aliphatic rings. The number of thioether (sulfide) groups is 1. The van der Waals surface area contributed by atoms with Crippen LogP contribution in [0.15, 0.2) is 113 Å². The summed E-state index contributed by atoms with van der Waals surface area (Å²) in [6.07, 6.45) is 5.36. The van der Waals surface area contributed by atoms with Crippen molar-refractivity contribution in [2.24, 2.45) is 0 Å².